The molecule has 0 bridgehead atoms. The largest absolute Gasteiger partial charge is 0.368 e. The van der Waals surface area contributed by atoms with Crippen LogP contribution in [-0.2, 0) is 10.0 Å². The molecule has 1 aliphatic heterocycles. The molecule has 166 valence electrons. The van der Waals surface area contributed by atoms with Crippen molar-refractivity contribution in [3.05, 3.63) is 89.2 Å². The van der Waals surface area contributed by atoms with Gasteiger partial charge in [-0.1, -0.05) is 29.8 Å². The van der Waals surface area contributed by atoms with Gasteiger partial charge in [0.2, 0.25) is 0 Å². The maximum Gasteiger partial charge on any atom is 0.261 e. The molecule has 0 aliphatic carbocycles. The minimum atomic E-state index is -3.79. The van der Waals surface area contributed by atoms with Crippen LogP contribution in [0.3, 0.4) is 0 Å². The van der Waals surface area contributed by atoms with E-state index in [2.05, 4.69) is 9.62 Å². The third-order valence-electron chi connectivity index (χ3n) is 5.26. The molecule has 0 radical (unpaired) electrons. The number of carbonyl (C=O) groups is 1. The predicted octanol–water partition coefficient (Wildman–Crippen LogP) is 4.24. The monoisotopic (exact) mass is 473 g/mol. The fourth-order valence-electron chi connectivity index (χ4n) is 3.56. The smallest absolute Gasteiger partial charge is 0.261 e. The second kappa shape index (κ2) is 9.18. The van der Waals surface area contributed by atoms with Crippen LogP contribution in [0.5, 0.6) is 0 Å². The molecule has 0 aromatic heterocycles. The van der Waals surface area contributed by atoms with Gasteiger partial charge in [0.05, 0.1) is 15.5 Å². The summed E-state index contributed by atoms with van der Waals surface area (Å²) in [5.74, 6) is -0.561. The van der Waals surface area contributed by atoms with E-state index in [4.69, 9.17) is 11.6 Å². The summed E-state index contributed by atoms with van der Waals surface area (Å²) in [4.78, 5) is 17.0. The molecule has 6 nitrogen and oxygen atoms in total. The van der Waals surface area contributed by atoms with Crippen molar-refractivity contribution in [3.63, 3.8) is 0 Å². The van der Waals surface area contributed by atoms with E-state index in [0.717, 1.165) is 5.69 Å². The molecule has 0 unspecified atom stereocenters. The quantitative estimate of drug-likeness (QED) is 0.601. The van der Waals surface area contributed by atoms with Crippen LogP contribution in [0, 0.1) is 5.82 Å². The van der Waals surface area contributed by atoms with Crippen molar-refractivity contribution in [1.82, 2.24) is 4.90 Å². The molecular weight excluding hydrogens is 453 g/mol. The van der Waals surface area contributed by atoms with Gasteiger partial charge in [-0.15, -0.1) is 0 Å². The van der Waals surface area contributed by atoms with E-state index in [1.807, 2.05) is 0 Å². The highest BCUT2D eigenvalue weighted by Crippen LogP contribution is 2.25. The van der Waals surface area contributed by atoms with Crippen LogP contribution in [0.4, 0.5) is 15.8 Å². The SMILES string of the molecule is O=C(c1cc(NS(=O)(=O)c2ccccc2)ccc1Cl)N1CCN(c2ccc(F)cc2)CC1. The summed E-state index contributed by atoms with van der Waals surface area (Å²) in [6.07, 6.45) is 0. The highest BCUT2D eigenvalue weighted by atomic mass is 35.5. The molecular formula is C23H21ClFN3O3S. The Kier molecular flexibility index (Phi) is 6.34. The number of anilines is 2. The maximum atomic E-state index is 13.2. The van der Waals surface area contributed by atoms with Crippen molar-refractivity contribution in [1.29, 1.82) is 0 Å². The van der Waals surface area contributed by atoms with E-state index < -0.39 is 10.0 Å². The van der Waals surface area contributed by atoms with E-state index in [9.17, 15) is 17.6 Å². The predicted molar refractivity (Wildman–Crippen MR) is 123 cm³/mol. The number of benzene rings is 3. The fraction of sp³-hybridized carbons (Fsp3) is 0.174. The first-order chi connectivity index (χ1) is 15.3. The molecule has 0 atom stereocenters. The van der Waals surface area contributed by atoms with E-state index in [1.165, 1.54) is 42.5 Å². The third kappa shape index (κ3) is 4.87. The number of amides is 1. The summed E-state index contributed by atoms with van der Waals surface area (Å²) >= 11 is 6.27. The maximum absolute atomic E-state index is 13.2. The number of nitrogens with zero attached hydrogens (tertiary/aromatic N) is 2. The summed E-state index contributed by atoms with van der Waals surface area (Å²) < 4.78 is 40.8. The van der Waals surface area contributed by atoms with Crippen LogP contribution in [0.2, 0.25) is 5.02 Å². The number of rotatable bonds is 5. The Morgan fingerprint density at radius 2 is 1.56 bits per heavy atom. The standard InChI is InChI=1S/C23H21ClFN3O3S/c24-22-11-8-18(26-32(30,31)20-4-2-1-3-5-20)16-21(22)23(29)28-14-12-27(13-15-28)19-9-6-17(25)7-10-19/h1-11,16,26H,12-15H2. The Morgan fingerprint density at radius 3 is 2.22 bits per heavy atom. The van der Waals surface area contributed by atoms with Gasteiger partial charge in [-0.05, 0) is 54.6 Å². The molecule has 0 spiro atoms. The Balaban J connectivity index is 1.47. The second-order valence-corrected chi connectivity index (χ2v) is 9.46. The highest BCUT2D eigenvalue weighted by Gasteiger charge is 2.25. The molecule has 1 N–H and O–H groups in total. The number of halogens is 2. The zero-order valence-corrected chi connectivity index (χ0v) is 18.6. The van der Waals surface area contributed by atoms with Gasteiger partial charge >= 0.3 is 0 Å². The van der Waals surface area contributed by atoms with Gasteiger partial charge < -0.3 is 9.80 Å². The zero-order valence-electron chi connectivity index (χ0n) is 17.0. The minimum Gasteiger partial charge on any atom is -0.368 e. The normalized spacial score (nSPS) is 14.3. The molecule has 9 heteroatoms. The van der Waals surface area contributed by atoms with Crippen LogP contribution in [-0.4, -0.2) is 45.4 Å². The van der Waals surface area contributed by atoms with E-state index in [0.29, 0.717) is 26.2 Å². The van der Waals surface area contributed by atoms with Crippen LogP contribution < -0.4 is 9.62 Å². The summed E-state index contributed by atoms with van der Waals surface area (Å²) in [6.45, 7) is 2.11. The van der Waals surface area contributed by atoms with Crippen molar-refractivity contribution < 1.29 is 17.6 Å². The number of carbonyl (C=O) groups excluding carboxylic acids is 1. The van der Waals surface area contributed by atoms with Crippen molar-refractivity contribution in [2.75, 3.05) is 35.8 Å². The number of piperazine rings is 1. The average molecular weight is 474 g/mol. The van der Waals surface area contributed by atoms with Crippen LogP contribution >= 0.6 is 11.6 Å². The number of hydrogen-bond donors (Lipinski definition) is 1. The van der Waals surface area contributed by atoms with Gasteiger partial charge in [-0.3, -0.25) is 9.52 Å². The molecule has 3 aromatic carbocycles. The lowest BCUT2D eigenvalue weighted by Gasteiger charge is -2.36. The molecule has 4 rings (SSSR count). The van der Waals surface area contributed by atoms with Crippen molar-refractivity contribution in [2.45, 2.75) is 4.90 Å². The Labute approximate surface area is 191 Å². The highest BCUT2D eigenvalue weighted by molar-refractivity contribution is 7.92. The van der Waals surface area contributed by atoms with Crippen molar-refractivity contribution >= 4 is 38.9 Å². The fourth-order valence-corrected chi connectivity index (χ4v) is 4.83. The molecule has 0 saturated carbocycles. The number of hydrogen-bond acceptors (Lipinski definition) is 4. The van der Waals surface area contributed by atoms with Gasteiger partial charge in [0, 0.05) is 37.6 Å². The van der Waals surface area contributed by atoms with Crippen LogP contribution in [0.25, 0.3) is 0 Å². The first-order valence-electron chi connectivity index (χ1n) is 10.0. The second-order valence-electron chi connectivity index (χ2n) is 7.37. The van der Waals surface area contributed by atoms with Crippen LogP contribution in [0.1, 0.15) is 10.4 Å². The molecule has 1 amide bonds. The molecule has 3 aromatic rings. The number of sulfonamides is 1. The van der Waals surface area contributed by atoms with Crippen molar-refractivity contribution in [3.8, 4) is 0 Å². The van der Waals surface area contributed by atoms with E-state index >= 15 is 0 Å². The molecule has 1 saturated heterocycles. The zero-order chi connectivity index (χ0) is 22.7. The van der Waals surface area contributed by atoms with Crippen molar-refractivity contribution in [2.24, 2.45) is 0 Å². The number of nitrogens with one attached hydrogen (secondary N) is 1. The molecule has 32 heavy (non-hydrogen) atoms. The molecule has 1 aliphatic rings. The van der Waals surface area contributed by atoms with Gasteiger partial charge in [-0.25, -0.2) is 12.8 Å². The summed E-state index contributed by atoms with van der Waals surface area (Å²) in [7, 11) is -3.79. The summed E-state index contributed by atoms with van der Waals surface area (Å²) in [5, 5.41) is 0.249. The molecule has 1 fully saturated rings. The summed E-state index contributed by atoms with van der Waals surface area (Å²) in [6, 6.07) is 18.7. The van der Waals surface area contributed by atoms with Gasteiger partial charge in [0.15, 0.2) is 0 Å². The van der Waals surface area contributed by atoms with Gasteiger partial charge in [-0.2, -0.15) is 0 Å². The summed E-state index contributed by atoms with van der Waals surface area (Å²) in [5.41, 5.74) is 1.38. The molecule has 1 heterocycles. The third-order valence-corrected chi connectivity index (χ3v) is 6.99. The lowest BCUT2D eigenvalue weighted by molar-refractivity contribution is 0.0747. The first kappa shape index (κ1) is 22.1. The topological polar surface area (TPSA) is 69.7 Å². The Bertz CT molecular complexity index is 1210. The van der Waals surface area contributed by atoms with Gasteiger partial charge in [0.1, 0.15) is 5.82 Å². The minimum absolute atomic E-state index is 0.125. The first-order valence-corrected chi connectivity index (χ1v) is 11.9. The average Bonchev–Trinajstić information content (AvgIpc) is 2.81. The lowest BCUT2D eigenvalue weighted by Crippen LogP contribution is -2.48. The van der Waals surface area contributed by atoms with E-state index in [1.54, 1.807) is 35.2 Å². The van der Waals surface area contributed by atoms with Gasteiger partial charge in [0.25, 0.3) is 15.9 Å². The van der Waals surface area contributed by atoms with E-state index in [-0.39, 0.29) is 32.9 Å². The Morgan fingerprint density at radius 1 is 0.906 bits per heavy atom. The van der Waals surface area contributed by atoms with Crippen LogP contribution in [0.15, 0.2) is 77.7 Å². The Hall–Kier alpha value is -3.10. The lowest BCUT2D eigenvalue weighted by atomic mass is 10.1.